The van der Waals surface area contributed by atoms with Gasteiger partial charge >= 0.3 is 0 Å². The second-order valence-electron chi connectivity index (χ2n) is 5.18. The first kappa shape index (κ1) is 15.8. The summed E-state index contributed by atoms with van der Waals surface area (Å²) in [5.74, 6) is -0.137. The van der Waals surface area contributed by atoms with Crippen molar-refractivity contribution in [3.05, 3.63) is 0 Å². The average molecular weight is 253 g/mol. The van der Waals surface area contributed by atoms with E-state index in [0.29, 0.717) is 6.42 Å². The molecular formula is C10H25N2O3S+. The second-order valence-corrected chi connectivity index (χ2v) is 6.75. The Hall–Kier alpha value is -0.170. The molecule has 16 heavy (non-hydrogen) atoms. The van der Waals surface area contributed by atoms with Gasteiger partial charge in [0.25, 0.3) is 10.1 Å². The molecule has 0 fully saturated rings. The lowest BCUT2D eigenvalue weighted by Crippen LogP contribution is -2.42. The first-order valence-electron chi connectivity index (χ1n) is 5.54. The van der Waals surface area contributed by atoms with Gasteiger partial charge < -0.3 is 9.38 Å². The molecular weight excluding hydrogens is 228 g/mol. The van der Waals surface area contributed by atoms with Crippen LogP contribution < -0.4 is 0 Å². The molecule has 0 rings (SSSR count). The van der Waals surface area contributed by atoms with Crippen LogP contribution in [0.2, 0.25) is 0 Å². The highest BCUT2D eigenvalue weighted by atomic mass is 32.2. The van der Waals surface area contributed by atoms with E-state index in [-0.39, 0.29) is 5.75 Å². The minimum atomic E-state index is -3.80. The van der Waals surface area contributed by atoms with Crippen molar-refractivity contribution >= 4 is 10.1 Å². The highest BCUT2D eigenvalue weighted by Crippen LogP contribution is 2.03. The third kappa shape index (κ3) is 10.4. The first-order valence-corrected chi connectivity index (χ1v) is 7.15. The molecule has 0 heterocycles. The fourth-order valence-corrected chi connectivity index (χ4v) is 2.10. The van der Waals surface area contributed by atoms with Crippen LogP contribution in [0.15, 0.2) is 0 Å². The zero-order chi connectivity index (χ0) is 12.8. The third-order valence-corrected chi connectivity index (χ3v) is 3.34. The van der Waals surface area contributed by atoms with E-state index in [0.717, 1.165) is 30.5 Å². The summed E-state index contributed by atoms with van der Waals surface area (Å²) in [5.41, 5.74) is 0. The Morgan fingerprint density at radius 3 is 2.06 bits per heavy atom. The van der Waals surface area contributed by atoms with E-state index in [4.69, 9.17) is 4.55 Å². The molecule has 6 heteroatoms. The molecule has 5 nitrogen and oxygen atoms in total. The van der Waals surface area contributed by atoms with Gasteiger partial charge in [0.05, 0.1) is 32.9 Å². The van der Waals surface area contributed by atoms with Crippen LogP contribution in [0, 0.1) is 0 Å². The Kier molecular flexibility index (Phi) is 6.47. The van der Waals surface area contributed by atoms with Crippen LogP contribution in [0.1, 0.15) is 12.8 Å². The molecule has 0 spiro atoms. The maximum absolute atomic E-state index is 10.6. The molecule has 0 aliphatic heterocycles. The summed E-state index contributed by atoms with van der Waals surface area (Å²) >= 11 is 0. The second kappa shape index (κ2) is 6.54. The number of hydrogen-bond donors (Lipinski definition) is 1. The quantitative estimate of drug-likeness (QED) is 0.499. The third-order valence-electron chi connectivity index (χ3n) is 2.53. The monoisotopic (exact) mass is 253 g/mol. The van der Waals surface area contributed by atoms with Crippen molar-refractivity contribution < 1.29 is 17.5 Å². The molecule has 0 saturated heterocycles. The standard InChI is InChI=1S/C10H24N2O3S/c1-11(2)7-5-8-12(3,4)9-6-10-16(13,14)15/h5-10H2,1-4H3/p+1. The van der Waals surface area contributed by atoms with Gasteiger partial charge in [0.15, 0.2) is 0 Å². The average Bonchev–Trinajstić information content (AvgIpc) is 1.99. The van der Waals surface area contributed by atoms with Crippen LogP contribution in [0.4, 0.5) is 0 Å². The van der Waals surface area contributed by atoms with Crippen molar-refractivity contribution in [2.24, 2.45) is 0 Å². The summed E-state index contributed by atoms with van der Waals surface area (Å²) in [6, 6.07) is 0. The van der Waals surface area contributed by atoms with Crippen molar-refractivity contribution in [3.63, 3.8) is 0 Å². The summed E-state index contributed by atoms with van der Waals surface area (Å²) in [7, 11) is 4.45. The van der Waals surface area contributed by atoms with Crippen LogP contribution in [0.3, 0.4) is 0 Å². The Labute approximate surface area is 99.4 Å². The molecule has 0 aliphatic rings. The van der Waals surface area contributed by atoms with Gasteiger partial charge in [0.1, 0.15) is 0 Å². The predicted octanol–water partition coefficient (Wildman–Crippen LogP) is 0.292. The summed E-state index contributed by atoms with van der Waals surface area (Å²) in [6.45, 7) is 2.83. The molecule has 0 aromatic heterocycles. The highest BCUT2D eigenvalue weighted by Gasteiger charge is 2.16. The lowest BCUT2D eigenvalue weighted by molar-refractivity contribution is -0.890. The van der Waals surface area contributed by atoms with Crippen LogP contribution >= 0.6 is 0 Å². The van der Waals surface area contributed by atoms with Crippen molar-refractivity contribution in [2.75, 3.05) is 53.6 Å². The Morgan fingerprint density at radius 1 is 1.12 bits per heavy atom. The summed E-state index contributed by atoms with van der Waals surface area (Å²) < 4.78 is 30.5. The van der Waals surface area contributed by atoms with Crippen LogP contribution in [0.5, 0.6) is 0 Å². The molecule has 0 unspecified atom stereocenters. The van der Waals surface area contributed by atoms with Crippen LogP contribution in [0.25, 0.3) is 0 Å². The molecule has 0 amide bonds. The van der Waals surface area contributed by atoms with Gasteiger partial charge in [-0.05, 0) is 14.1 Å². The summed E-state index contributed by atoms with van der Waals surface area (Å²) in [5, 5.41) is 0. The fourth-order valence-electron chi connectivity index (χ4n) is 1.60. The normalized spacial score (nSPS) is 13.4. The van der Waals surface area contributed by atoms with E-state index in [1.165, 1.54) is 0 Å². The number of rotatable bonds is 8. The minimum absolute atomic E-state index is 0.137. The van der Waals surface area contributed by atoms with Gasteiger partial charge in [-0.1, -0.05) is 0 Å². The lowest BCUT2D eigenvalue weighted by atomic mass is 10.3. The maximum Gasteiger partial charge on any atom is 0.265 e. The number of nitrogens with zero attached hydrogens (tertiary/aromatic N) is 2. The molecule has 0 aliphatic carbocycles. The topological polar surface area (TPSA) is 57.6 Å². The van der Waals surface area contributed by atoms with Crippen molar-refractivity contribution in [2.45, 2.75) is 12.8 Å². The summed E-state index contributed by atoms with van der Waals surface area (Å²) in [6.07, 6.45) is 1.60. The van der Waals surface area contributed by atoms with E-state index in [9.17, 15) is 8.42 Å². The molecule has 98 valence electrons. The molecule has 0 saturated carbocycles. The summed E-state index contributed by atoms with van der Waals surface area (Å²) in [4.78, 5) is 2.14. The Bertz CT molecular complexity index is 286. The van der Waals surface area contributed by atoms with Gasteiger partial charge in [-0.3, -0.25) is 4.55 Å². The van der Waals surface area contributed by atoms with Gasteiger partial charge in [-0.15, -0.1) is 0 Å². The number of hydrogen-bond acceptors (Lipinski definition) is 3. The predicted molar refractivity (Wildman–Crippen MR) is 66.0 cm³/mol. The lowest BCUT2D eigenvalue weighted by Gasteiger charge is -2.30. The Morgan fingerprint density at radius 2 is 1.62 bits per heavy atom. The van der Waals surface area contributed by atoms with Gasteiger partial charge in [0, 0.05) is 19.4 Å². The van der Waals surface area contributed by atoms with Gasteiger partial charge in [-0.2, -0.15) is 8.42 Å². The molecule has 0 radical (unpaired) electrons. The number of quaternary nitrogens is 1. The van der Waals surface area contributed by atoms with E-state index in [1.807, 2.05) is 14.1 Å². The van der Waals surface area contributed by atoms with Crippen molar-refractivity contribution in [3.8, 4) is 0 Å². The van der Waals surface area contributed by atoms with Crippen molar-refractivity contribution in [1.29, 1.82) is 0 Å². The van der Waals surface area contributed by atoms with E-state index in [1.54, 1.807) is 0 Å². The zero-order valence-electron chi connectivity index (χ0n) is 10.8. The molecule has 0 aromatic rings. The van der Waals surface area contributed by atoms with E-state index < -0.39 is 10.1 Å². The van der Waals surface area contributed by atoms with E-state index in [2.05, 4.69) is 19.0 Å². The molecule has 0 aromatic carbocycles. The van der Waals surface area contributed by atoms with Gasteiger partial charge in [-0.25, -0.2) is 0 Å². The highest BCUT2D eigenvalue weighted by molar-refractivity contribution is 7.85. The Balaban J connectivity index is 3.78. The molecule has 1 N–H and O–H groups in total. The van der Waals surface area contributed by atoms with Crippen molar-refractivity contribution in [1.82, 2.24) is 4.90 Å². The van der Waals surface area contributed by atoms with Crippen LogP contribution in [-0.2, 0) is 10.1 Å². The zero-order valence-corrected chi connectivity index (χ0v) is 11.6. The van der Waals surface area contributed by atoms with Gasteiger partial charge in [0.2, 0.25) is 0 Å². The first-order chi connectivity index (χ1) is 7.12. The van der Waals surface area contributed by atoms with Crippen LogP contribution in [-0.4, -0.2) is 75.9 Å². The fraction of sp³-hybridized carbons (Fsp3) is 1.00. The largest absolute Gasteiger partial charge is 0.328 e. The maximum atomic E-state index is 10.6. The molecule has 0 bridgehead atoms. The minimum Gasteiger partial charge on any atom is -0.328 e. The molecule has 0 atom stereocenters. The SMILES string of the molecule is CN(C)CCC[N+](C)(C)CCCS(=O)(=O)O. The smallest absolute Gasteiger partial charge is 0.265 e. The van der Waals surface area contributed by atoms with E-state index >= 15 is 0 Å².